The van der Waals surface area contributed by atoms with Crippen molar-refractivity contribution >= 4 is 21.6 Å². The molecule has 0 bridgehead atoms. The number of ether oxygens (including phenoxy) is 1. The van der Waals surface area contributed by atoms with Gasteiger partial charge in [-0.05, 0) is 30.3 Å². The minimum atomic E-state index is -0.533. The van der Waals surface area contributed by atoms with Gasteiger partial charge in [0.25, 0.3) is 5.69 Å². The number of hydrogen-bond donors (Lipinski definition) is 1. The molecule has 0 aliphatic heterocycles. The number of nitrogens with zero attached hydrogens (tertiary/aromatic N) is 1. The summed E-state index contributed by atoms with van der Waals surface area (Å²) in [6.07, 6.45) is 0. The van der Waals surface area contributed by atoms with Crippen LogP contribution in [0.4, 0.5) is 5.69 Å². The van der Waals surface area contributed by atoms with E-state index in [9.17, 15) is 10.1 Å². The summed E-state index contributed by atoms with van der Waals surface area (Å²) in [6, 6.07) is 11.5. The third-order valence-corrected chi connectivity index (χ3v) is 2.94. The zero-order chi connectivity index (χ0) is 13.8. The highest BCUT2D eigenvalue weighted by molar-refractivity contribution is 9.10. The van der Waals surface area contributed by atoms with Gasteiger partial charge in [-0.1, -0.05) is 22.0 Å². The van der Waals surface area contributed by atoms with Crippen molar-refractivity contribution in [3.8, 4) is 11.5 Å². The van der Waals surface area contributed by atoms with Gasteiger partial charge in [-0.15, -0.1) is 0 Å². The Labute approximate surface area is 117 Å². The van der Waals surface area contributed by atoms with Crippen LogP contribution in [0, 0.1) is 10.1 Å². The Morgan fingerprint density at radius 3 is 2.58 bits per heavy atom. The first-order valence-corrected chi connectivity index (χ1v) is 6.21. The molecule has 5 nitrogen and oxygen atoms in total. The monoisotopic (exact) mass is 323 g/mol. The molecule has 98 valence electrons. The largest absolute Gasteiger partial charge is 0.457 e. The third kappa shape index (κ3) is 3.30. The highest BCUT2D eigenvalue weighted by atomic mass is 79.9. The number of nitro groups is 1. The van der Waals surface area contributed by atoms with Crippen molar-refractivity contribution in [2.45, 2.75) is 6.61 Å². The molecule has 0 amide bonds. The Hall–Kier alpha value is -1.92. The fourth-order valence-corrected chi connectivity index (χ4v) is 1.97. The zero-order valence-corrected chi connectivity index (χ0v) is 11.3. The van der Waals surface area contributed by atoms with E-state index in [-0.39, 0.29) is 11.3 Å². The number of aliphatic hydroxyl groups is 1. The second kappa shape index (κ2) is 5.81. The molecular weight excluding hydrogens is 314 g/mol. The standard InChI is InChI=1S/C13H10BrNO4/c14-10-2-1-3-11(7-10)19-12-4-5-13(15(17)18)9(6-12)8-16/h1-7,16H,8H2. The average molecular weight is 324 g/mol. The molecule has 19 heavy (non-hydrogen) atoms. The van der Waals surface area contributed by atoms with E-state index in [2.05, 4.69) is 15.9 Å². The van der Waals surface area contributed by atoms with Crippen molar-refractivity contribution in [1.82, 2.24) is 0 Å². The fraction of sp³-hybridized carbons (Fsp3) is 0.0769. The van der Waals surface area contributed by atoms with Crippen molar-refractivity contribution in [3.63, 3.8) is 0 Å². The lowest BCUT2D eigenvalue weighted by Gasteiger charge is -2.07. The molecular formula is C13H10BrNO4. The summed E-state index contributed by atoms with van der Waals surface area (Å²) < 4.78 is 6.44. The molecule has 6 heteroatoms. The molecule has 0 radical (unpaired) electrons. The third-order valence-electron chi connectivity index (χ3n) is 2.45. The topological polar surface area (TPSA) is 72.6 Å². The molecule has 0 aliphatic rings. The van der Waals surface area contributed by atoms with E-state index in [1.54, 1.807) is 12.1 Å². The van der Waals surface area contributed by atoms with E-state index in [1.807, 2.05) is 12.1 Å². The molecule has 2 rings (SSSR count). The number of halogens is 1. The van der Waals surface area contributed by atoms with Crippen LogP contribution in [0.15, 0.2) is 46.9 Å². The molecule has 0 spiro atoms. The molecule has 0 fully saturated rings. The smallest absolute Gasteiger partial charge is 0.275 e. The number of aliphatic hydroxyl groups excluding tert-OH is 1. The van der Waals surface area contributed by atoms with Gasteiger partial charge in [-0.2, -0.15) is 0 Å². The fourth-order valence-electron chi connectivity index (χ4n) is 1.60. The molecule has 1 N–H and O–H groups in total. The molecule has 0 heterocycles. The molecule has 0 unspecified atom stereocenters. The van der Waals surface area contributed by atoms with Crippen LogP contribution in [-0.4, -0.2) is 10.0 Å². The number of hydrogen-bond acceptors (Lipinski definition) is 4. The van der Waals surface area contributed by atoms with E-state index < -0.39 is 11.5 Å². The highest BCUT2D eigenvalue weighted by Crippen LogP contribution is 2.28. The summed E-state index contributed by atoms with van der Waals surface area (Å²) in [4.78, 5) is 10.2. The Balaban J connectivity index is 2.29. The predicted molar refractivity (Wildman–Crippen MR) is 73.2 cm³/mol. The summed E-state index contributed by atoms with van der Waals surface area (Å²) in [5, 5.41) is 19.9. The minimum Gasteiger partial charge on any atom is -0.457 e. The first-order chi connectivity index (χ1) is 9.10. The van der Waals surface area contributed by atoms with Crippen LogP contribution in [-0.2, 0) is 6.61 Å². The predicted octanol–water partition coefficient (Wildman–Crippen LogP) is 3.64. The van der Waals surface area contributed by atoms with Gasteiger partial charge in [0.2, 0.25) is 0 Å². The zero-order valence-electron chi connectivity index (χ0n) is 9.75. The summed E-state index contributed by atoms with van der Waals surface area (Å²) in [5.41, 5.74) is 0.0987. The maximum atomic E-state index is 10.7. The molecule has 0 aromatic heterocycles. The van der Waals surface area contributed by atoms with Crippen molar-refractivity contribution in [2.75, 3.05) is 0 Å². The Bertz CT molecular complexity index is 615. The van der Waals surface area contributed by atoms with Crippen molar-refractivity contribution in [2.24, 2.45) is 0 Å². The van der Waals surface area contributed by atoms with Crippen molar-refractivity contribution in [1.29, 1.82) is 0 Å². The van der Waals surface area contributed by atoms with Gasteiger partial charge in [0, 0.05) is 10.5 Å². The normalized spacial score (nSPS) is 10.2. The summed E-state index contributed by atoms with van der Waals surface area (Å²) >= 11 is 3.32. The van der Waals surface area contributed by atoms with Crippen LogP contribution in [0.5, 0.6) is 11.5 Å². The van der Waals surface area contributed by atoms with Gasteiger partial charge >= 0.3 is 0 Å². The number of rotatable bonds is 4. The first-order valence-electron chi connectivity index (χ1n) is 5.42. The Morgan fingerprint density at radius 1 is 1.21 bits per heavy atom. The van der Waals surface area contributed by atoms with Gasteiger partial charge in [0.15, 0.2) is 0 Å². The minimum absolute atomic E-state index is 0.121. The number of benzene rings is 2. The molecule has 0 saturated heterocycles. The summed E-state index contributed by atoms with van der Waals surface area (Å²) in [6.45, 7) is -0.411. The van der Waals surface area contributed by atoms with Gasteiger partial charge in [0.1, 0.15) is 11.5 Å². The lowest BCUT2D eigenvalue weighted by molar-refractivity contribution is -0.385. The Morgan fingerprint density at radius 2 is 1.95 bits per heavy atom. The van der Waals surface area contributed by atoms with Crippen molar-refractivity contribution in [3.05, 3.63) is 62.6 Å². The van der Waals surface area contributed by atoms with Gasteiger partial charge in [0.05, 0.1) is 17.1 Å². The molecule has 2 aromatic carbocycles. The highest BCUT2D eigenvalue weighted by Gasteiger charge is 2.14. The molecule has 0 atom stereocenters. The summed E-state index contributed by atoms with van der Waals surface area (Å²) in [5.74, 6) is 1.04. The van der Waals surface area contributed by atoms with E-state index in [4.69, 9.17) is 9.84 Å². The molecule has 0 aliphatic carbocycles. The molecule has 2 aromatic rings. The van der Waals surface area contributed by atoms with E-state index in [0.717, 1.165) is 4.47 Å². The van der Waals surface area contributed by atoms with E-state index >= 15 is 0 Å². The quantitative estimate of drug-likeness (QED) is 0.688. The number of nitro benzene ring substituents is 1. The average Bonchev–Trinajstić information content (AvgIpc) is 2.38. The van der Waals surface area contributed by atoms with Crippen LogP contribution in [0.25, 0.3) is 0 Å². The van der Waals surface area contributed by atoms with Crippen LogP contribution in [0.1, 0.15) is 5.56 Å². The second-order valence-electron chi connectivity index (χ2n) is 3.77. The van der Waals surface area contributed by atoms with Gasteiger partial charge in [-0.3, -0.25) is 10.1 Å². The van der Waals surface area contributed by atoms with Gasteiger partial charge in [-0.25, -0.2) is 0 Å². The summed E-state index contributed by atoms with van der Waals surface area (Å²) in [7, 11) is 0. The van der Waals surface area contributed by atoms with Crippen LogP contribution in [0.2, 0.25) is 0 Å². The maximum Gasteiger partial charge on any atom is 0.275 e. The van der Waals surface area contributed by atoms with Crippen LogP contribution in [0.3, 0.4) is 0 Å². The maximum absolute atomic E-state index is 10.7. The van der Waals surface area contributed by atoms with Crippen LogP contribution >= 0.6 is 15.9 Å². The van der Waals surface area contributed by atoms with Crippen molar-refractivity contribution < 1.29 is 14.8 Å². The van der Waals surface area contributed by atoms with E-state index in [1.165, 1.54) is 18.2 Å². The first kappa shape index (κ1) is 13.5. The lowest BCUT2D eigenvalue weighted by atomic mass is 10.2. The van der Waals surface area contributed by atoms with Gasteiger partial charge < -0.3 is 9.84 Å². The molecule has 0 saturated carbocycles. The SMILES string of the molecule is O=[N+]([O-])c1ccc(Oc2cccc(Br)c2)cc1CO. The Kier molecular flexibility index (Phi) is 4.13. The second-order valence-corrected chi connectivity index (χ2v) is 4.68. The lowest BCUT2D eigenvalue weighted by Crippen LogP contribution is -1.96. The van der Waals surface area contributed by atoms with Crippen LogP contribution < -0.4 is 4.74 Å². The van der Waals surface area contributed by atoms with E-state index in [0.29, 0.717) is 11.5 Å².